The summed E-state index contributed by atoms with van der Waals surface area (Å²) in [5.41, 5.74) is 1.81. The topological polar surface area (TPSA) is 48.6 Å². The second-order valence-corrected chi connectivity index (χ2v) is 4.08. The van der Waals surface area contributed by atoms with Crippen LogP contribution >= 0.6 is 0 Å². The fraction of sp³-hybridized carbons (Fsp3) is 0.385. The Morgan fingerprint density at radius 3 is 2.82 bits per heavy atom. The zero-order chi connectivity index (χ0) is 12.1. The number of nitrogens with zero attached hydrogens (tertiary/aromatic N) is 3. The molecule has 1 aromatic carbocycles. The van der Waals surface area contributed by atoms with E-state index in [1.165, 1.54) is 0 Å². The van der Waals surface area contributed by atoms with E-state index in [0.717, 1.165) is 31.6 Å². The molecule has 0 unspecified atom stereocenters. The summed E-state index contributed by atoms with van der Waals surface area (Å²) in [5.74, 6) is 0. The molecule has 1 heterocycles. The monoisotopic (exact) mass is 229 g/mol. The highest BCUT2D eigenvalue weighted by Gasteiger charge is 2.20. The Bertz CT molecular complexity index is 431. The van der Waals surface area contributed by atoms with Crippen molar-refractivity contribution in [2.24, 2.45) is 5.16 Å². The highest BCUT2D eigenvalue weighted by atomic mass is 16.6. The average molecular weight is 229 g/mol. The molecule has 88 valence electrons. The van der Waals surface area contributed by atoms with Gasteiger partial charge < -0.3 is 9.74 Å². The molecule has 0 radical (unpaired) electrons. The van der Waals surface area contributed by atoms with Gasteiger partial charge in [-0.25, -0.2) is 0 Å². The van der Waals surface area contributed by atoms with E-state index in [1.807, 2.05) is 24.3 Å². The van der Waals surface area contributed by atoms with Crippen molar-refractivity contribution >= 4 is 12.4 Å². The summed E-state index contributed by atoms with van der Waals surface area (Å²) in [5, 5.41) is 12.3. The summed E-state index contributed by atoms with van der Waals surface area (Å²) < 4.78 is 0. The molecule has 1 saturated heterocycles. The summed E-state index contributed by atoms with van der Waals surface area (Å²) >= 11 is 0. The molecule has 1 aliphatic rings. The largest absolute Gasteiger partial charge is 0.393 e. The van der Waals surface area contributed by atoms with Crippen molar-refractivity contribution in [1.82, 2.24) is 0 Å². The number of oxime groups is 1. The molecule has 0 atom stereocenters. The van der Waals surface area contributed by atoms with Crippen LogP contribution in [-0.2, 0) is 4.84 Å². The molecule has 0 aliphatic carbocycles. The van der Waals surface area contributed by atoms with Crippen LogP contribution in [-0.4, -0.2) is 25.9 Å². The molecule has 0 amide bonds. The lowest BCUT2D eigenvalue weighted by Gasteiger charge is -2.32. The Balaban J connectivity index is 2.00. The molecule has 2 rings (SSSR count). The number of anilines is 1. The van der Waals surface area contributed by atoms with Crippen LogP contribution < -0.4 is 4.90 Å². The van der Waals surface area contributed by atoms with E-state index in [1.54, 1.807) is 0 Å². The third-order valence-electron chi connectivity index (χ3n) is 3.01. The van der Waals surface area contributed by atoms with Gasteiger partial charge in [-0.1, -0.05) is 6.07 Å². The number of hydrogen-bond acceptors (Lipinski definition) is 4. The van der Waals surface area contributed by atoms with Gasteiger partial charge in [-0.3, -0.25) is 0 Å². The summed E-state index contributed by atoms with van der Waals surface area (Å²) in [7, 11) is 0. The number of benzene rings is 1. The quantitative estimate of drug-likeness (QED) is 0.589. The standard InChI is InChI=1S/C13H15N3O/c1-15-17-13-5-7-16(8-6-13)12-4-2-3-11(9-12)10-14/h2-4,9,13H,1,5-8H2. The Morgan fingerprint density at radius 1 is 1.41 bits per heavy atom. The van der Waals surface area contributed by atoms with Crippen LogP contribution in [0.25, 0.3) is 0 Å². The first-order valence-corrected chi connectivity index (χ1v) is 5.70. The molecule has 1 aromatic rings. The van der Waals surface area contributed by atoms with Crippen molar-refractivity contribution in [3.63, 3.8) is 0 Å². The Kier molecular flexibility index (Phi) is 3.61. The summed E-state index contributed by atoms with van der Waals surface area (Å²) in [4.78, 5) is 7.41. The van der Waals surface area contributed by atoms with Crippen molar-refractivity contribution in [2.75, 3.05) is 18.0 Å². The van der Waals surface area contributed by atoms with E-state index in [-0.39, 0.29) is 6.10 Å². The predicted octanol–water partition coefficient (Wildman–Crippen LogP) is 2.16. The lowest BCUT2D eigenvalue weighted by Crippen LogP contribution is -2.36. The van der Waals surface area contributed by atoms with Gasteiger partial charge in [0.15, 0.2) is 0 Å². The van der Waals surface area contributed by atoms with Gasteiger partial charge in [0.2, 0.25) is 0 Å². The van der Waals surface area contributed by atoms with Crippen LogP contribution in [0, 0.1) is 11.3 Å². The van der Waals surface area contributed by atoms with Gasteiger partial charge in [0.1, 0.15) is 6.10 Å². The first-order chi connectivity index (χ1) is 8.33. The second kappa shape index (κ2) is 5.35. The van der Waals surface area contributed by atoms with Crippen LogP contribution in [0.15, 0.2) is 29.4 Å². The fourth-order valence-corrected chi connectivity index (χ4v) is 2.10. The summed E-state index contributed by atoms with van der Waals surface area (Å²) in [6, 6.07) is 9.86. The minimum absolute atomic E-state index is 0.183. The van der Waals surface area contributed by atoms with Crippen molar-refractivity contribution in [1.29, 1.82) is 5.26 Å². The van der Waals surface area contributed by atoms with Gasteiger partial charge in [-0.05, 0) is 18.2 Å². The summed E-state index contributed by atoms with van der Waals surface area (Å²) in [6.07, 6.45) is 2.06. The summed E-state index contributed by atoms with van der Waals surface area (Å²) in [6.45, 7) is 5.18. The molecule has 0 N–H and O–H groups in total. The van der Waals surface area contributed by atoms with Crippen LogP contribution in [0.4, 0.5) is 5.69 Å². The highest BCUT2D eigenvalue weighted by molar-refractivity contribution is 5.51. The third-order valence-corrected chi connectivity index (χ3v) is 3.01. The number of rotatable bonds is 3. The Morgan fingerprint density at radius 2 is 2.18 bits per heavy atom. The van der Waals surface area contributed by atoms with E-state index in [2.05, 4.69) is 22.8 Å². The molecular weight excluding hydrogens is 214 g/mol. The van der Waals surface area contributed by atoms with Gasteiger partial charge in [0.25, 0.3) is 0 Å². The third kappa shape index (κ3) is 2.76. The van der Waals surface area contributed by atoms with Gasteiger partial charge in [0, 0.05) is 38.3 Å². The maximum absolute atomic E-state index is 8.86. The molecule has 0 saturated carbocycles. The van der Waals surface area contributed by atoms with E-state index in [0.29, 0.717) is 5.56 Å². The lowest BCUT2D eigenvalue weighted by atomic mass is 10.1. The van der Waals surface area contributed by atoms with Gasteiger partial charge in [-0.15, -0.1) is 5.16 Å². The number of nitriles is 1. The Labute approximate surface area is 101 Å². The predicted molar refractivity (Wildman–Crippen MR) is 67.0 cm³/mol. The first kappa shape index (κ1) is 11.5. The number of piperidine rings is 1. The molecule has 1 aliphatic heterocycles. The molecule has 0 bridgehead atoms. The zero-order valence-electron chi connectivity index (χ0n) is 9.67. The SMILES string of the molecule is C=NOC1CCN(c2cccc(C#N)c2)CC1. The highest BCUT2D eigenvalue weighted by Crippen LogP contribution is 2.22. The Hall–Kier alpha value is -2.02. The molecule has 4 heteroatoms. The van der Waals surface area contributed by atoms with Crippen LogP contribution in [0.3, 0.4) is 0 Å². The molecule has 4 nitrogen and oxygen atoms in total. The van der Waals surface area contributed by atoms with Crippen LogP contribution in [0.5, 0.6) is 0 Å². The van der Waals surface area contributed by atoms with E-state index < -0.39 is 0 Å². The fourth-order valence-electron chi connectivity index (χ4n) is 2.10. The zero-order valence-corrected chi connectivity index (χ0v) is 9.67. The minimum Gasteiger partial charge on any atom is -0.393 e. The lowest BCUT2D eigenvalue weighted by molar-refractivity contribution is 0.0439. The molecule has 0 spiro atoms. The smallest absolute Gasteiger partial charge is 0.130 e. The molecule has 0 aromatic heterocycles. The maximum atomic E-state index is 8.86. The van der Waals surface area contributed by atoms with E-state index >= 15 is 0 Å². The van der Waals surface area contributed by atoms with Gasteiger partial charge in [-0.2, -0.15) is 5.26 Å². The van der Waals surface area contributed by atoms with Crippen molar-refractivity contribution in [3.05, 3.63) is 29.8 Å². The van der Waals surface area contributed by atoms with Crippen molar-refractivity contribution in [3.8, 4) is 6.07 Å². The van der Waals surface area contributed by atoms with Crippen molar-refractivity contribution < 1.29 is 4.84 Å². The van der Waals surface area contributed by atoms with E-state index in [4.69, 9.17) is 10.1 Å². The number of hydrogen-bond donors (Lipinski definition) is 0. The molecule has 17 heavy (non-hydrogen) atoms. The maximum Gasteiger partial charge on any atom is 0.130 e. The van der Waals surface area contributed by atoms with Crippen LogP contribution in [0.2, 0.25) is 0 Å². The average Bonchev–Trinajstić information content (AvgIpc) is 2.40. The van der Waals surface area contributed by atoms with Crippen LogP contribution in [0.1, 0.15) is 18.4 Å². The molecule has 1 fully saturated rings. The first-order valence-electron chi connectivity index (χ1n) is 5.70. The van der Waals surface area contributed by atoms with Crippen molar-refractivity contribution in [2.45, 2.75) is 18.9 Å². The normalized spacial score (nSPS) is 16.3. The van der Waals surface area contributed by atoms with Gasteiger partial charge >= 0.3 is 0 Å². The van der Waals surface area contributed by atoms with Gasteiger partial charge in [0.05, 0.1) is 11.6 Å². The van der Waals surface area contributed by atoms with E-state index in [9.17, 15) is 0 Å². The molecular formula is C13H15N3O. The second-order valence-electron chi connectivity index (χ2n) is 4.08. The minimum atomic E-state index is 0.183.